The lowest BCUT2D eigenvalue weighted by Gasteiger charge is -2.30. The molecule has 2 aliphatic rings. The fourth-order valence-electron chi connectivity index (χ4n) is 4.05. The number of aliphatic imine (C=N–C) groups is 1. The summed E-state index contributed by atoms with van der Waals surface area (Å²) in [6.45, 7) is 1.81. The fraction of sp³-hybridized carbons (Fsp3) is 0.321. The predicted molar refractivity (Wildman–Crippen MR) is 151 cm³/mol. The van der Waals surface area contributed by atoms with Gasteiger partial charge in [0.05, 0.1) is 31.1 Å². The van der Waals surface area contributed by atoms with Crippen LogP contribution in [0.5, 0.6) is 5.75 Å². The molecule has 2 aromatic carbocycles. The number of allylic oxidation sites excluding steroid dienone is 2. The Bertz CT molecular complexity index is 1320. The Hall–Kier alpha value is -3.60. The van der Waals surface area contributed by atoms with Crippen LogP contribution < -0.4 is 15.4 Å². The minimum atomic E-state index is -2.97. The first-order valence-corrected chi connectivity index (χ1v) is 14.6. The Morgan fingerprint density at radius 3 is 2.55 bits per heavy atom. The van der Waals surface area contributed by atoms with E-state index in [-0.39, 0.29) is 5.75 Å². The molecule has 38 heavy (non-hydrogen) atoms. The molecule has 0 spiro atoms. The second kappa shape index (κ2) is 12.8. The highest BCUT2D eigenvalue weighted by Gasteiger charge is 2.22. The number of hydrogen-bond donors (Lipinski definition) is 2. The van der Waals surface area contributed by atoms with Gasteiger partial charge >= 0.3 is 0 Å². The largest absolute Gasteiger partial charge is 0.489 e. The van der Waals surface area contributed by atoms with Gasteiger partial charge in [-0.2, -0.15) is 0 Å². The zero-order valence-corrected chi connectivity index (χ0v) is 22.9. The van der Waals surface area contributed by atoms with Gasteiger partial charge < -0.3 is 20.3 Å². The van der Waals surface area contributed by atoms with Crippen molar-refractivity contribution >= 4 is 21.9 Å². The van der Waals surface area contributed by atoms with Crippen molar-refractivity contribution in [3.63, 3.8) is 0 Å². The van der Waals surface area contributed by atoms with E-state index in [1.165, 1.54) is 6.26 Å². The van der Waals surface area contributed by atoms with Crippen LogP contribution in [0.25, 0.3) is 0 Å². The number of anilines is 1. The van der Waals surface area contributed by atoms with Gasteiger partial charge in [0.15, 0.2) is 0 Å². The van der Waals surface area contributed by atoms with E-state index in [0.29, 0.717) is 13.2 Å². The van der Waals surface area contributed by atoms with Gasteiger partial charge in [0, 0.05) is 29.8 Å². The molecule has 4 rings (SSSR count). The molecule has 0 saturated heterocycles. The van der Waals surface area contributed by atoms with Gasteiger partial charge in [0.2, 0.25) is 0 Å². The van der Waals surface area contributed by atoms with Crippen molar-refractivity contribution in [3.8, 4) is 5.75 Å². The van der Waals surface area contributed by atoms with Crippen molar-refractivity contribution in [2.75, 3.05) is 44.6 Å². The van der Waals surface area contributed by atoms with Gasteiger partial charge in [-0.1, -0.05) is 30.3 Å². The van der Waals surface area contributed by atoms with Crippen molar-refractivity contribution in [2.45, 2.75) is 19.4 Å². The van der Waals surface area contributed by atoms with Gasteiger partial charge in [-0.05, 0) is 62.3 Å². The summed E-state index contributed by atoms with van der Waals surface area (Å²) >= 11 is 0. The molecular weight excluding hydrogens is 502 g/mol. The number of rotatable bonds is 13. The first kappa shape index (κ1) is 27.4. The smallest absolute Gasteiger partial charge is 0.148 e. The van der Waals surface area contributed by atoms with E-state index in [9.17, 15) is 8.42 Å². The zero-order valence-electron chi connectivity index (χ0n) is 22.1. The van der Waals surface area contributed by atoms with Gasteiger partial charge in [0.1, 0.15) is 28.0 Å². The summed E-state index contributed by atoms with van der Waals surface area (Å²) in [5.41, 5.74) is 4.82. The fourth-order valence-corrected chi connectivity index (χ4v) is 4.70. The normalized spacial score (nSPS) is 15.1. The van der Waals surface area contributed by atoms with Crippen LogP contribution in [-0.4, -0.2) is 64.0 Å². The van der Waals surface area contributed by atoms with E-state index in [1.54, 1.807) is 18.5 Å². The molecule has 0 atom stereocenters. The molecule has 202 valence electrons. The lowest BCUT2D eigenvalue weighted by molar-refractivity contribution is -0.0613. The third kappa shape index (κ3) is 7.95. The van der Waals surface area contributed by atoms with Crippen molar-refractivity contribution in [1.29, 1.82) is 0 Å². The number of hydrogen-bond acceptors (Lipinski definition) is 9. The van der Waals surface area contributed by atoms with Crippen LogP contribution >= 0.6 is 0 Å². The van der Waals surface area contributed by atoms with E-state index in [1.807, 2.05) is 72.7 Å². The lowest BCUT2D eigenvalue weighted by Crippen LogP contribution is -2.29. The lowest BCUT2D eigenvalue weighted by atomic mass is 10.0. The molecule has 9 nitrogen and oxygen atoms in total. The van der Waals surface area contributed by atoms with Crippen LogP contribution in [0.2, 0.25) is 0 Å². The van der Waals surface area contributed by atoms with Gasteiger partial charge in [-0.25, -0.2) is 18.5 Å². The first-order chi connectivity index (χ1) is 18.3. The maximum absolute atomic E-state index is 11.4. The van der Waals surface area contributed by atoms with Crippen LogP contribution in [0.1, 0.15) is 18.4 Å². The van der Waals surface area contributed by atoms with Crippen molar-refractivity contribution in [1.82, 2.24) is 15.3 Å². The third-order valence-corrected chi connectivity index (χ3v) is 7.10. The van der Waals surface area contributed by atoms with Gasteiger partial charge in [-0.3, -0.25) is 4.84 Å². The standard InChI is InChI=1S/C28H35N5O4S/c1-32(16-17-38(3,34)35)15-7-10-24-18-26-27(19-33(24)36-2)29-21-30-28(26)31-23-11-13-25(14-12-23)37-20-22-8-5-4-6-9-22/h4-6,8-9,11-14,18-19,21,31H,7,10,15-17,20H2,1-3H3,(H,29,30). The number of benzene rings is 2. The summed E-state index contributed by atoms with van der Waals surface area (Å²) in [6, 6.07) is 17.9. The second-order valence-electron chi connectivity index (χ2n) is 9.31. The quantitative estimate of drug-likeness (QED) is 0.398. The number of ether oxygens (including phenoxy) is 1. The van der Waals surface area contributed by atoms with Crippen LogP contribution in [0.3, 0.4) is 0 Å². The van der Waals surface area contributed by atoms with E-state index in [0.717, 1.165) is 59.2 Å². The minimum absolute atomic E-state index is 0.161. The van der Waals surface area contributed by atoms with Gasteiger partial charge in [-0.15, -0.1) is 0 Å². The maximum Gasteiger partial charge on any atom is 0.148 e. The Morgan fingerprint density at radius 1 is 1.08 bits per heavy atom. The highest BCUT2D eigenvalue weighted by atomic mass is 32.2. The Labute approximate surface area is 225 Å². The van der Waals surface area contributed by atoms with E-state index >= 15 is 0 Å². The summed E-state index contributed by atoms with van der Waals surface area (Å²) in [4.78, 5) is 12.2. The summed E-state index contributed by atoms with van der Waals surface area (Å²) < 4.78 is 28.8. The summed E-state index contributed by atoms with van der Waals surface area (Å²) in [5, 5.41) is 8.35. The molecular formula is C28H35N5O4S. The topological polar surface area (TPSA) is 95.5 Å². The molecule has 0 radical (unpaired) electrons. The second-order valence-corrected chi connectivity index (χ2v) is 11.6. The first-order valence-electron chi connectivity index (χ1n) is 12.5. The van der Waals surface area contributed by atoms with E-state index in [2.05, 4.69) is 21.7 Å². The molecule has 2 aliphatic heterocycles. The van der Waals surface area contributed by atoms with Crippen molar-refractivity contribution < 1.29 is 18.0 Å². The zero-order chi connectivity index (χ0) is 27.0. The summed E-state index contributed by atoms with van der Waals surface area (Å²) in [7, 11) is 0.604. The highest BCUT2D eigenvalue weighted by molar-refractivity contribution is 7.90. The molecule has 10 heteroatoms. The number of hydroxylamine groups is 2. The van der Waals surface area contributed by atoms with Gasteiger partial charge in [0.25, 0.3) is 0 Å². The van der Waals surface area contributed by atoms with Crippen LogP contribution in [0.15, 0.2) is 94.7 Å². The van der Waals surface area contributed by atoms with Crippen LogP contribution in [0.4, 0.5) is 5.69 Å². The average Bonchev–Trinajstić information content (AvgIpc) is 2.91. The minimum Gasteiger partial charge on any atom is -0.489 e. The molecule has 0 saturated carbocycles. The molecule has 0 bridgehead atoms. The summed E-state index contributed by atoms with van der Waals surface area (Å²) in [6.07, 6.45) is 8.51. The van der Waals surface area contributed by atoms with E-state index < -0.39 is 9.84 Å². The number of fused-ring (bicyclic) bond motifs is 1. The monoisotopic (exact) mass is 537 g/mol. The molecule has 0 fully saturated rings. The van der Waals surface area contributed by atoms with Crippen LogP contribution in [-0.2, 0) is 21.3 Å². The van der Waals surface area contributed by atoms with Crippen LogP contribution in [0, 0.1) is 0 Å². The molecule has 0 amide bonds. The van der Waals surface area contributed by atoms with E-state index in [4.69, 9.17) is 9.57 Å². The maximum atomic E-state index is 11.4. The number of nitrogens with one attached hydrogen (secondary N) is 2. The Morgan fingerprint density at radius 2 is 1.84 bits per heavy atom. The highest BCUT2D eigenvalue weighted by Crippen LogP contribution is 2.30. The van der Waals surface area contributed by atoms with Crippen molar-refractivity contribution in [3.05, 3.63) is 95.2 Å². The summed E-state index contributed by atoms with van der Waals surface area (Å²) in [5.74, 6) is 1.68. The Balaban J connectivity index is 1.40. The molecule has 2 N–H and O–H groups in total. The Kier molecular flexibility index (Phi) is 9.22. The molecule has 0 aliphatic carbocycles. The third-order valence-electron chi connectivity index (χ3n) is 6.18. The SMILES string of the molecule is CON1C=C2NC=NC(Nc3ccc(OCc4ccccc4)cc3)=C2C=C1CCCN(C)CCS(C)(=O)=O. The molecule has 2 heterocycles. The predicted octanol–water partition coefficient (Wildman–Crippen LogP) is 3.88. The van der Waals surface area contributed by atoms with Crippen molar-refractivity contribution in [2.24, 2.45) is 4.99 Å². The molecule has 0 aromatic heterocycles. The number of nitrogens with zero attached hydrogens (tertiary/aromatic N) is 3. The number of sulfone groups is 1. The average molecular weight is 538 g/mol. The molecule has 2 aromatic rings. The molecule has 0 unspecified atom stereocenters.